The van der Waals surface area contributed by atoms with Crippen LogP contribution in [0, 0.1) is 0 Å². The van der Waals surface area contributed by atoms with E-state index < -0.39 is 0 Å². The quantitative estimate of drug-likeness (QED) is 0.0406. The SMILES string of the molecule is CCCCCCCCCCCCCC(=O)CCCCCCCCCCCCCCCCCC(=O)POCC[N+](C)(C)C. The van der Waals surface area contributed by atoms with Crippen LogP contribution in [0.1, 0.15) is 193 Å². The van der Waals surface area contributed by atoms with Gasteiger partial charge in [0, 0.05) is 19.3 Å². The van der Waals surface area contributed by atoms with Gasteiger partial charge in [0.2, 0.25) is 0 Å². The summed E-state index contributed by atoms with van der Waals surface area (Å²) in [7, 11) is 6.47. The van der Waals surface area contributed by atoms with Crippen molar-refractivity contribution < 1.29 is 18.6 Å². The molecule has 0 aliphatic rings. The van der Waals surface area contributed by atoms with Crippen LogP contribution in [-0.2, 0) is 14.1 Å². The molecular formula is C37H75NO3P+. The van der Waals surface area contributed by atoms with Crippen molar-refractivity contribution in [2.24, 2.45) is 0 Å². The van der Waals surface area contributed by atoms with Gasteiger partial charge in [-0.05, 0) is 19.3 Å². The number of hydrogen-bond donors (Lipinski definition) is 0. The van der Waals surface area contributed by atoms with Gasteiger partial charge in [-0.25, -0.2) is 0 Å². The maximum atomic E-state index is 12.1. The first-order chi connectivity index (χ1) is 20.3. The molecule has 0 aromatic heterocycles. The van der Waals surface area contributed by atoms with E-state index in [1.807, 2.05) is 0 Å². The fraction of sp³-hybridized carbons (Fsp3) is 0.946. The number of unbranched alkanes of at least 4 members (excludes halogenated alkanes) is 24. The van der Waals surface area contributed by atoms with Gasteiger partial charge in [-0.3, -0.25) is 9.59 Å². The van der Waals surface area contributed by atoms with Gasteiger partial charge in [-0.1, -0.05) is 155 Å². The van der Waals surface area contributed by atoms with Gasteiger partial charge in [-0.2, -0.15) is 0 Å². The topological polar surface area (TPSA) is 43.4 Å². The number of quaternary nitrogens is 1. The van der Waals surface area contributed by atoms with Crippen LogP contribution in [0.2, 0.25) is 0 Å². The molecule has 4 nitrogen and oxygen atoms in total. The van der Waals surface area contributed by atoms with Crippen LogP contribution >= 0.6 is 8.81 Å². The molecule has 0 aromatic rings. The Labute approximate surface area is 265 Å². The van der Waals surface area contributed by atoms with E-state index in [1.165, 1.54) is 148 Å². The summed E-state index contributed by atoms with van der Waals surface area (Å²) < 4.78 is 6.42. The minimum Gasteiger partial charge on any atom is -0.349 e. The first-order valence-corrected chi connectivity index (χ1v) is 19.5. The minimum atomic E-state index is 0.0394. The fourth-order valence-corrected chi connectivity index (χ4v) is 6.15. The molecule has 0 aliphatic carbocycles. The second kappa shape index (κ2) is 32.1. The van der Waals surface area contributed by atoms with E-state index in [2.05, 4.69) is 28.1 Å². The van der Waals surface area contributed by atoms with Gasteiger partial charge in [0.15, 0.2) is 5.52 Å². The van der Waals surface area contributed by atoms with Crippen molar-refractivity contribution >= 4 is 20.1 Å². The monoisotopic (exact) mass is 613 g/mol. The molecule has 42 heavy (non-hydrogen) atoms. The summed E-state index contributed by atoms with van der Waals surface area (Å²) in [4.78, 5) is 24.0. The summed E-state index contributed by atoms with van der Waals surface area (Å²) in [6.07, 6.45) is 36.6. The average molecular weight is 613 g/mol. The second-order valence-corrected chi connectivity index (χ2v) is 15.1. The standard InChI is InChI=1S/C37H75NO3P/c1-5-6-7-8-9-10-16-19-22-25-28-31-36(39)32-29-26-23-20-17-14-12-11-13-15-18-21-24-27-30-33-37(40)42-41-35-34-38(2,3)4/h42H,5-35H2,1-4H3/q+1. The molecule has 0 aliphatic heterocycles. The number of rotatable bonds is 35. The molecule has 0 radical (unpaired) electrons. The molecule has 1 unspecified atom stereocenters. The van der Waals surface area contributed by atoms with E-state index >= 15 is 0 Å². The van der Waals surface area contributed by atoms with Crippen LogP contribution < -0.4 is 0 Å². The second-order valence-electron chi connectivity index (χ2n) is 14.0. The zero-order chi connectivity index (χ0) is 31.0. The third kappa shape index (κ3) is 35.9. The first-order valence-electron chi connectivity index (χ1n) is 18.6. The largest absolute Gasteiger partial charge is 0.349 e. The fourth-order valence-electron chi connectivity index (χ4n) is 5.52. The minimum absolute atomic E-state index is 0.0394. The van der Waals surface area contributed by atoms with E-state index in [-0.39, 0.29) is 14.3 Å². The highest BCUT2D eigenvalue weighted by molar-refractivity contribution is 7.53. The first kappa shape index (κ1) is 41.7. The highest BCUT2D eigenvalue weighted by Gasteiger charge is 2.08. The Morgan fingerprint density at radius 1 is 0.476 bits per heavy atom. The highest BCUT2D eigenvalue weighted by Crippen LogP contribution is 2.19. The van der Waals surface area contributed by atoms with Gasteiger partial charge in [-0.15, -0.1) is 0 Å². The Bertz CT molecular complexity index is 590. The van der Waals surface area contributed by atoms with Crippen LogP contribution in [0.5, 0.6) is 0 Å². The number of carbonyl (C=O) groups is 2. The van der Waals surface area contributed by atoms with E-state index in [0.29, 0.717) is 18.8 Å². The Hall–Kier alpha value is -0.310. The lowest BCUT2D eigenvalue weighted by molar-refractivity contribution is -0.870. The van der Waals surface area contributed by atoms with Crippen LogP contribution in [0.25, 0.3) is 0 Å². The number of ketones is 1. The summed E-state index contributed by atoms with van der Waals surface area (Å²) in [5.74, 6) is 0.508. The summed E-state index contributed by atoms with van der Waals surface area (Å²) in [6.45, 7) is 3.91. The lowest BCUT2D eigenvalue weighted by Crippen LogP contribution is -2.37. The van der Waals surface area contributed by atoms with Crippen molar-refractivity contribution in [2.75, 3.05) is 34.3 Å². The van der Waals surface area contributed by atoms with Gasteiger partial charge in [0.25, 0.3) is 0 Å². The Morgan fingerprint density at radius 2 is 0.786 bits per heavy atom. The summed E-state index contributed by atoms with van der Waals surface area (Å²) in [5, 5.41) is 0. The van der Waals surface area contributed by atoms with Crippen molar-refractivity contribution in [1.29, 1.82) is 0 Å². The number of carbonyl (C=O) groups excluding carboxylic acids is 2. The average Bonchev–Trinajstić information content (AvgIpc) is 2.95. The Morgan fingerprint density at radius 3 is 1.12 bits per heavy atom. The molecule has 0 spiro atoms. The molecule has 0 N–H and O–H groups in total. The number of nitrogens with zero attached hydrogens (tertiary/aromatic N) is 1. The van der Waals surface area contributed by atoms with E-state index in [0.717, 1.165) is 43.1 Å². The molecule has 250 valence electrons. The van der Waals surface area contributed by atoms with Gasteiger partial charge >= 0.3 is 0 Å². The smallest absolute Gasteiger partial charge is 0.178 e. The molecule has 0 heterocycles. The van der Waals surface area contributed by atoms with E-state index in [1.54, 1.807) is 0 Å². The predicted octanol–water partition coefficient (Wildman–Crippen LogP) is 11.7. The maximum absolute atomic E-state index is 12.1. The molecular weight excluding hydrogens is 537 g/mol. The normalized spacial score (nSPS) is 12.1. The summed E-state index contributed by atoms with van der Waals surface area (Å²) >= 11 is 0. The van der Waals surface area contributed by atoms with Crippen molar-refractivity contribution in [2.45, 2.75) is 193 Å². The summed E-state index contributed by atoms with van der Waals surface area (Å²) in [6, 6.07) is 0. The third-order valence-corrected chi connectivity index (χ3v) is 9.29. The Balaban J connectivity index is 3.21. The molecule has 0 saturated heterocycles. The molecule has 0 saturated carbocycles. The van der Waals surface area contributed by atoms with Crippen molar-refractivity contribution in [3.05, 3.63) is 0 Å². The summed E-state index contributed by atoms with van der Waals surface area (Å²) in [5.41, 5.74) is 0.288. The van der Waals surface area contributed by atoms with Gasteiger partial charge in [0.1, 0.15) is 18.9 Å². The van der Waals surface area contributed by atoms with Crippen LogP contribution in [0.3, 0.4) is 0 Å². The van der Waals surface area contributed by atoms with Crippen molar-refractivity contribution in [1.82, 2.24) is 0 Å². The van der Waals surface area contributed by atoms with Crippen LogP contribution in [-0.4, -0.2) is 50.1 Å². The zero-order valence-corrected chi connectivity index (χ0v) is 30.1. The Kier molecular flexibility index (Phi) is 31.9. The highest BCUT2D eigenvalue weighted by atomic mass is 31.1. The van der Waals surface area contributed by atoms with Crippen LogP contribution in [0.15, 0.2) is 0 Å². The number of Topliss-reactive ketones (excluding diaryl/α,β-unsaturated/α-hetero) is 1. The van der Waals surface area contributed by atoms with Crippen molar-refractivity contribution in [3.63, 3.8) is 0 Å². The number of hydrogen-bond acceptors (Lipinski definition) is 3. The number of likely N-dealkylation sites (N-methyl/N-ethyl adjacent to an activating group) is 1. The molecule has 1 atom stereocenters. The molecule has 0 rings (SSSR count). The van der Waals surface area contributed by atoms with E-state index in [9.17, 15) is 9.59 Å². The van der Waals surface area contributed by atoms with Crippen molar-refractivity contribution in [3.8, 4) is 0 Å². The third-order valence-electron chi connectivity index (χ3n) is 8.47. The molecule has 0 bridgehead atoms. The van der Waals surface area contributed by atoms with Crippen LogP contribution in [0.4, 0.5) is 0 Å². The molecule has 0 amide bonds. The van der Waals surface area contributed by atoms with Gasteiger partial charge in [0.05, 0.1) is 30.0 Å². The maximum Gasteiger partial charge on any atom is 0.178 e. The molecule has 0 fully saturated rings. The zero-order valence-electron chi connectivity index (χ0n) is 29.1. The molecule has 0 aromatic carbocycles. The lowest BCUT2D eigenvalue weighted by atomic mass is 10.0. The lowest BCUT2D eigenvalue weighted by Gasteiger charge is -2.23. The van der Waals surface area contributed by atoms with Gasteiger partial charge < -0.3 is 9.01 Å². The predicted molar refractivity (Wildman–Crippen MR) is 187 cm³/mol. The van der Waals surface area contributed by atoms with E-state index in [4.69, 9.17) is 4.52 Å². The molecule has 5 heteroatoms.